The van der Waals surface area contributed by atoms with Gasteiger partial charge in [0.15, 0.2) is 11.6 Å². The van der Waals surface area contributed by atoms with Gasteiger partial charge in [0.1, 0.15) is 0 Å². The van der Waals surface area contributed by atoms with Gasteiger partial charge in [-0.25, -0.2) is 0 Å². The fourth-order valence-corrected chi connectivity index (χ4v) is 9.21. The molecule has 0 bridgehead atoms. The van der Waals surface area contributed by atoms with Gasteiger partial charge in [-0.05, 0) is 85.7 Å². The van der Waals surface area contributed by atoms with Gasteiger partial charge in [0.25, 0.3) is 0 Å². The van der Waals surface area contributed by atoms with Crippen LogP contribution in [0.4, 0.5) is 0 Å². The summed E-state index contributed by atoms with van der Waals surface area (Å²) in [7, 11) is 0. The molecule has 0 radical (unpaired) electrons. The molecule has 2 aliphatic heterocycles. The minimum atomic E-state index is -0.312. The third kappa shape index (κ3) is 2.43. The smallest absolute Gasteiger partial charge is 0.178 e. The van der Waals surface area contributed by atoms with Crippen LogP contribution in [0.25, 0.3) is 0 Å². The van der Waals surface area contributed by atoms with Gasteiger partial charge >= 0.3 is 0 Å². The zero-order chi connectivity index (χ0) is 20.9. The average molecular weight is 411 g/mol. The molecule has 30 heavy (non-hydrogen) atoms. The second-order valence-corrected chi connectivity index (χ2v) is 12.1. The van der Waals surface area contributed by atoms with Crippen LogP contribution in [0.15, 0.2) is 23.8 Å². The van der Waals surface area contributed by atoms with Gasteiger partial charge in [-0.1, -0.05) is 39.3 Å². The van der Waals surface area contributed by atoms with Gasteiger partial charge < -0.3 is 9.47 Å². The molecule has 164 valence electrons. The number of rotatable bonds is 0. The molecule has 3 heteroatoms. The standard InChI is InChI=1S/C27H38O3/c1-16-7-12-27(29-15-16)17(2)24-23(30-27)14-22-20-6-5-18-13-19(28)8-10-25(18,3)21(20)9-11-26(22,24)4/h8,10,13,16-17,20-24H,5-7,9,11-12,14-15H2,1-4H3/t16?,17-,20+,21-,22-,23-,24-,25-,26-,27+/m0/s1. The highest BCUT2D eigenvalue weighted by Gasteiger charge is 2.68. The summed E-state index contributed by atoms with van der Waals surface area (Å²) in [6, 6.07) is 0. The predicted octanol–water partition coefficient (Wildman–Crippen LogP) is 5.70. The van der Waals surface area contributed by atoms with E-state index in [-0.39, 0.29) is 17.0 Å². The summed E-state index contributed by atoms with van der Waals surface area (Å²) in [4.78, 5) is 12.0. The van der Waals surface area contributed by atoms with E-state index in [0.29, 0.717) is 35.2 Å². The Bertz CT molecular complexity index is 818. The van der Waals surface area contributed by atoms with Crippen molar-refractivity contribution < 1.29 is 14.3 Å². The molecule has 1 unspecified atom stereocenters. The second-order valence-electron chi connectivity index (χ2n) is 12.1. The van der Waals surface area contributed by atoms with Crippen LogP contribution in [0, 0.1) is 46.3 Å². The first-order valence-corrected chi connectivity index (χ1v) is 12.5. The zero-order valence-corrected chi connectivity index (χ0v) is 19.2. The topological polar surface area (TPSA) is 35.5 Å². The van der Waals surface area contributed by atoms with Crippen LogP contribution < -0.4 is 0 Å². The lowest BCUT2D eigenvalue weighted by atomic mass is 9.47. The Hall–Kier alpha value is -0.930. The fraction of sp³-hybridized carbons (Fsp3) is 0.815. The zero-order valence-electron chi connectivity index (χ0n) is 19.2. The monoisotopic (exact) mass is 410 g/mol. The Morgan fingerprint density at radius 2 is 1.90 bits per heavy atom. The maximum Gasteiger partial charge on any atom is 0.178 e. The number of hydrogen-bond donors (Lipinski definition) is 0. The third-order valence-electron chi connectivity index (χ3n) is 10.8. The van der Waals surface area contributed by atoms with Gasteiger partial charge in [-0.2, -0.15) is 0 Å². The molecule has 0 aromatic carbocycles. The van der Waals surface area contributed by atoms with E-state index in [2.05, 4.69) is 33.8 Å². The molecule has 4 aliphatic carbocycles. The van der Waals surface area contributed by atoms with Crippen LogP contribution in [-0.2, 0) is 14.3 Å². The number of ether oxygens (including phenoxy) is 2. The van der Waals surface area contributed by atoms with Crippen molar-refractivity contribution in [2.45, 2.75) is 84.5 Å². The van der Waals surface area contributed by atoms with Crippen molar-refractivity contribution in [3.05, 3.63) is 23.8 Å². The van der Waals surface area contributed by atoms with E-state index < -0.39 is 0 Å². The van der Waals surface area contributed by atoms with Gasteiger partial charge in [-0.15, -0.1) is 0 Å². The first kappa shape index (κ1) is 19.7. The van der Waals surface area contributed by atoms with E-state index in [9.17, 15) is 4.79 Å². The summed E-state index contributed by atoms with van der Waals surface area (Å²) in [6.07, 6.45) is 14.8. The molecule has 10 atom stereocenters. The fourth-order valence-electron chi connectivity index (χ4n) is 9.21. The maximum absolute atomic E-state index is 12.0. The van der Waals surface area contributed by atoms with Crippen molar-refractivity contribution in [1.82, 2.24) is 0 Å². The van der Waals surface area contributed by atoms with Crippen LogP contribution in [0.2, 0.25) is 0 Å². The molecule has 2 heterocycles. The molecule has 3 nitrogen and oxygen atoms in total. The molecule has 0 N–H and O–H groups in total. The predicted molar refractivity (Wildman–Crippen MR) is 117 cm³/mol. The third-order valence-corrected chi connectivity index (χ3v) is 10.8. The minimum Gasteiger partial charge on any atom is -0.349 e. The molecule has 0 aromatic heterocycles. The summed E-state index contributed by atoms with van der Waals surface area (Å²) in [5, 5.41) is 0. The molecular weight excluding hydrogens is 372 g/mol. The van der Waals surface area contributed by atoms with Crippen LogP contribution in [0.5, 0.6) is 0 Å². The van der Waals surface area contributed by atoms with Crippen molar-refractivity contribution in [2.75, 3.05) is 6.61 Å². The number of fused-ring (bicyclic) bond motifs is 7. The van der Waals surface area contributed by atoms with Crippen molar-refractivity contribution in [1.29, 1.82) is 0 Å². The first-order valence-electron chi connectivity index (χ1n) is 12.5. The van der Waals surface area contributed by atoms with Crippen LogP contribution in [-0.4, -0.2) is 24.3 Å². The van der Waals surface area contributed by atoms with Crippen molar-refractivity contribution >= 4 is 5.78 Å². The van der Waals surface area contributed by atoms with Crippen molar-refractivity contribution in [3.63, 3.8) is 0 Å². The Labute approximate surface area is 181 Å². The van der Waals surface area contributed by atoms with Crippen molar-refractivity contribution in [2.24, 2.45) is 46.3 Å². The van der Waals surface area contributed by atoms with E-state index in [0.717, 1.165) is 31.3 Å². The maximum atomic E-state index is 12.0. The number of carbonyl (C=O) groups excluding carboxylic acids is 1. The van der Waals surface area contributed by atoms with E-state index in [1.807, 2.05) is 12.2 Å². The van der Waals surface area contributed by atoms with Gasteiger partial charge in [0.2, 0.25) is 0 Å². The molecule has 6 rings (SSSR count). The van der Waals surface area contributed by atoms with E-state index in [1.165, 1.54) is 37.7 Å². The number of allylic oxidation sites excluding steroid dienone is 4. The largest absolute Gasteiger partial charge is 0.349 e. The summed E-state index contributed by atoms with van der Waals surface area (Å²) in [6.45, 7) is 10.6. The molecule has 0 amide bonds. The summed E-state index contributed by atoms with van der Waals surface area (Å²) < 4.78 is 13.3. The summed E-state index contributed by atoms with van der Waals surface area (Å²) in [5.41, 5.74) is 1.85. The Kier molecular flexibility index (Phi) is 4.15. The summed E-state index contributed by atoms with van der Waals surface area (Å²) in [5.74, 6) is 3.83. The minimum absolute atomic E-state index is 0.0895. The summed E-state index contributed by atoms with van der Waals surface area (Å²) >= 11 is 0. The Morgan fingerprint density at radius 1 is 1.07 bits per heavy atom. The normalized spacial score (nSPS) is 56.9. The quantitative estimate of drug-likeness (QED) is 0.514. The molecule has 5 fully saturated rings. The molecule has 0 aromatic rings. The highest BCUT2D eigenvalue weighted by Crippen LogP contribution is 2.70. The molecule has 3 saturated carbocycles. The SMILES string of the molecule is CC1CC[C@@]2(OC1)O[C@H]1C[C@H]3[C@@H]4CCC5=CC(=O)C=C[C@]5(C)[C@H]4CC[C@]3(C)[C@H]1[C@@H]2C. The van der Waals surface area contributed by atoms with E-state index in [1.54, 1.807) is 0 Å². The molecule has 6 aliphatic rings. The number of hydrogen-bond acceptors (Lipinski definition) is 3. The average Bonchev–Trinajstić information content (AvgIpc) is 3.16. The van der Waals surface area contributed by atoms with Crippen LogP contribution >= 0.6 is 0 Å². The lowest BCUT2D eigenvalue weighted by Crippen LogP contribution is -2.52. The second kappa shape index (κ2) is 6.32. The highest BCUT2D eigenvalue weighted by atomic mass is 16.7. The van der Waals surface area contributed by atoms with Crippen LogP contribution in [0.1, 0.15) is 72.6 Å². The Morgan fingerprint density at radius 3 is 2.67 bits per heavy atom. The lowest BCUT2D eigenvalue weighted by molar-refractivity contribution is -0.272. The van der Waals surface area contributed by atoms with Gasteiger partial charge in [0.05, 0.1) is 12.7 Å². The Balaban J connectivity index is 1.29. The van der Waals surface area contributed by atoms with E-state index >= 15 is 0 Å². The first-order chi connectivity index (χ1) is 14.3. The molecule has 2 saturated heterocycles. The van der Waals surface area contributed by atoms with Crippen molar-refractivity contribution in [3.8, 4) is 0 Å². The van der Waals surface area contributed by atoms with Crippen LogP contribution in [0.3, 0.4) is 0 Å². The highest BCUT2D eigenvalue weighted by molar-refractivity contribution is 6.01. The molecule has 1 spiro atoms. The molecular formula is C27H38O3. The van der Waals surface area contributed by atoms with Gasteiger partial charge in [0, 0.05) is 17.8 Å². The number of carbonyl (C=O) groups is 1. The van der Waals surface area contributed by atoms with Gasteiger partial charge in [-0.3, -0.25) is 4.79 Å². The number of ketones is 1. The van der Waals surface area contributed by atoms with E-state index in [4.69, 9.17) is 9.47 Å². The lowest BCUT2D eigenvalue weighted by Gasteiger charge is -2.57.